The van der Waals surface area contributed by atoms with Crippen LogP contribution in [0.5, 0.6) is 0 Å². The van der Waals surface area contributed by atoms with Crippen LogP contribution in [-0.2, 0) is 20.0 Å². The number of nitrogens with two attached hydrogens (primary N) is 1. The Labute approximate surface area is 130 Å². The van der Waals surface area contributed by atoms with Crippen LogP contribution in [-0.4, -0.2) is 16.8 Å². The van der Waals surface area contributed by atoms with Gasteiger partial charge >= 0.3 is 0 Å². The van der Waals surface area contributed by atoms with Crippen LogP contribution in [0.3, 0.4) is 0 Å². The standard InChI is InChI=1S/C14H16N2O4S2/c1-10-6-7-11(2)14(8-10)16-22(19,20)13-5-3-4-12(9-13)21(15,17)18/h3-9,16H,1-2H3,(H2,15,17,18). The molecule has 6 nitrogen and oxygen atoms in total. The highest BCUT2D eigenvalue weighted by atomic mass is 32.2. The van der Waals surface area contributed by atoms with E-state index in [1.165, 1.54) is 18.2 Å². The van der Waals surface area contributed by atoms with Gasteiger partial charge in [0.05, 0.1) is 15.5 Å². The number of sulfonamides is 2. The third-order valence-electron chi connectivity index (χ3n) is 3.08. The number of nitrogens with one attached hydrogen (secondary N) is 1. The number of aryl methyl sites for hydroxylation is 2. The van der Waals surface area contributed by atoms with E-state index in [0.29, 0.717) is 5.69 Å². The van der Waals surface area contributed by atoms with Crippen LogP contribution in [0.4, 0.5) is 5.69 Å². The Hall–Kier alpha value is -1.90. The molecule has 0 aliphatic rings. The van der Waals surface area contributed by atoms with Gasteiger partial charge in [-0.25, -0.2) is 22.0 Å². The molecule has 0 aliphatic heterocycles. The minimum atomic E-state index is -3.97. The number of rotatable bonds is 4. The third kappa shape index (κ3) is 3.65. The van der Waals surface area contributed by atoms with Crippen LogP contribution < -0.4 is 9.86 Å². The number of hydrogen-bond donors (Lipinski definition) is 2. The summed E-state index contributed by atoms with van der Waals surface area (Å²) in [6, 6.07) is 10.3. The van der Waals surface area contributed by atoms with Gasteiger partial charge in [0.25, 0.3) is 10.0 Å². The van der Waals surface area contributed by atoms with E-state index in [2.05, 4.69) is 4.72 Å². The second-order valence-electron chi connectivity index (χ2n) is 4.94. The summed E-state index contributed by atoms with van der Waals surface area (Å²) in [5.74, 6) is 0. The van der Waals surface area contributed by atoms with Gasteiger partial charge in [0.1, 0.15) is 0 Å². The Balaban J connectivity index is 2.45. The number of hydrogen-bond acceptors (Lipinski definition) is 4. The van der Waals surface area contributed by atoms with Crippen molar-refractivity contribution in [2.45, 2.75) is 23.6 Å². The molecule has 0 unspecified atom stereocenters. The number of anilines is 1. The molecule has 0 fully saturated rings. The summed E-state index contributed by atoms with van der Waals surface area (Å²) in [7, 11) is -7.87. The molecule has 0 bridgehead atoms. The molecule has 0 spiro atoms. The first-order valence-corrected chi connectivity index (χ1v) is 9.35. The van der Waals surface area contributed by atoms with Crippen LogP contribution in [0.2, 0.25) is 0 Å². The van der Waals surface area contributed by atoms with Gasteiger partial charge in [0.2, 0.25) is 10.0 Å². The quantitative estimate of drug-likeness (QED) is 0.884. The minimum absolute atomic E-state index is 0.167. The maximum Gasteiger partial charge on any atom is 0.261 e. The first-order valence-electron chi connectivity index (χ1n) is 6.32. The van der Waals surface area contributed by atoms with Crippen molar-refractivity contribution in [2.24, 2.45) is 5.14 Å². The first kappa shape index (κ1) is 16.5. The lowest BCUT2D eigenvalue weighted by Gasteiger charge is -2.12. The van der Waals surface area contributed by atoms with Crippen LogP contribution >= 0.6 is 0 Å². The van der Waals surface area contributed by atoms with E-state index < -0.39 is 20.0 Å². The molecule has 8 heteroatoms. The van der Waals surface area contributed by atoms with Gasteiger partial charge in [-0.3, -0.25) is 4.72 Å². The van der Waals surface area contributed by atoms with Crippen LogP contribution in [0.1, 0.15) is 11.1 Å². The molecule has 0 saturated heterocycles. The first-order chi connectivity index (χ1) is 10.1. The molecule has 22 heavy (non-hydrogen) atoms. The van der Waals surface area contributed by atoms with E-state index in [1.807, 2.05) is 13.0 Å². The van der Waals surface area contributed by atoms with Gasteiger partial charge in [-0.2, -0.15) is 0 Å². The van der Waals surface area contributed by atoms with Crippen molar-refractivity contribution in [3.05, 3.63) is 53.6 Å². The molecule has 3 N–H and O–H groups in total. The van der Waals surface area contributed by atoms with E-state index in [0.717, 1.165) is 17.2 Å². The highest BCUT2D eigenvalue weighted by Crippen LogP contribution is 2.22. The largest absolute Gasteiger partial charge is 0.279 e. The lowest BCUT2D eigenvalue weighted by molar-refractivity contribution is 0.597. The zero-order valence-corrected chi connectivity index (χ0v) is 13.7. The van der Waals surface area contributed by atoms with Gasteiger partial charge in [0, 0.05) is 0 Å². The molecule has 0 heterocycles. The summed E-state index contributed by atoms with van der Waals surface area (Å²) in [4.78, 5) is -0.420. The zero-order chi connectivity index (χ0) is 16.5. The molecule has 0 atom stereocenters. The predicted molar refractivity (Wildman–Crippen MR) is 84.5 cm³/mol. The van der Waals surface area contributed by atoms with E-state index in [4.69, 9.17) is 5.14 Å². The Morgan fingerprint density at radius 1 is 0.909 bits per heavy atom. The summed E-state index contributed by atoms with van der Waals surface area (Å²) < 4.78 is 49.9. The van der Waals surface area contributed by atoms with Gasteiger partial charge in [-0.05, 0) is 49.2 Å². The molecule has 2 aromatic rings. The molecule has 2 rings (SSSR count). The fourth-order valence-corrected chi connectivity index (χ4v) is 3.67. The molecule has 0 aliphatic carbocycles. The highest BCUT2D eigenvalue weighted by molar-refractivity contribution is 7.93. The SMILES string of the molecule is Cc1ccc(C)c(NS(=O)(=O)c2cccc(S(N)(=O)=O)c2)c1. The molecular formula is C14H16N2O4S2. The van der Waals surface area contributed by atoms with E-state index in [9.17, 15) is 16.8 Å². The Kier molecular flexibility index (Phi) is 4.28. The lowest BCUT2D eigenvalue weighted by Crippen LogP contribution is -2.16. The topological polar surface area (TPSA) is 106 Å². The maximum absolute atomic E-state index is 12.4. The molecule has 118 valence electrons. The number of primary sulfonamides is 1. The van der Waals surface area contributed by atoms with E-state index >= 15 is 0 Å². The average molecular weight is 340 g/mol. The maximum atomic E-state index is 12.4. The molecule has 0 amide bonds. The monoisotopic (exact) mass is 340 g/mol. The second kappa shape index (κ2) is 5.71. The molecule has 2 aromatic carbocycles. The smallest absolute Gasteiger partial charge is 0.261 e. The second-order valence-corrected chi connectivity index (χ2v) is 8.19. The van der Waals surface area contributed by atoms with Crippen molar-refractivity contribution in [3.8, 4) is 0 Å². The molecule has 0 aromatic heterocycles. The average Bonchev–Trinajstić information content (AvgIpc) is 2.42. The summed E-state index contributed by atoms with van der Waals surface area (Å²) in [6.07, 6.45) is 0. The van der Waals surface area contributed by atoms with Crippen LogP contribution in [0, 0.1) is 13.8 Å². The van der Waals surface area contributed by atoms with Gasteiger partial charge < -0.3 is 0 Å². The van der Waals surface area contributed by atoms with Crippen molar-refractivity contribution in [3.63, 3.8) is 0 Å². The minimum Gasteiger partial charge on any atom is -0.279 e. The molecule has 0 saturated carbocycles. The summed E-state index contributed by atoms with van der Waals surface area (Å²) in [6.45, 7) is 3.62. The van der Waals surface area contributed by atoms with Crippen molar-refractivity contribution in [2.75, 3.05) is 4.72 Å². The number of benzene rings is 2. The fourth-order valence-electron chi connectivity index (χ4n) is 1.87. The van der Waals surface area contributed by atoms with E-state index in [-0.39, 0.29) is 9.79 Å². The predicted octanol–water partition coefficient (Wildman–Crippen LogP) is 1.75. The van der Waals surface area contributed by atoms with Crippen molar-refractivity contribution < 1.29 is 16.8 Å². The van der Waals surface area contributed by atoms with Gasteiger partial charge in [0.15, 0.2) is 0 Å². The summed E-state index contributed by atoms with van der Waals surface area (Å²) in [5, 5.41) is 5.02. The van der Waals surface area contributed by atoms with Crippen molar-refractivity contribution in [1.82, 2.24) is 0 Å². The third-order valence-corrected chi connectivity index (χ3v) is 5.36. The van der Waals surface area contributed by atoms with Crippen molar-refractivity contribution in [1.29, 1.82) is 0 Å². The molecular weight excluding hydrogens is 324 g/mol. The summed E-state index contributed by atoms with van der Waals surface area (Å²) in [5.41, 5.74) is 2.11. The highest BCUT2D eigenvalue weighted by Gasteiger charge is 2.18. The van der Waals surface area contributed by atoms with E-state index in [1.54, 1.807) is 19.1 Å². The summed E-state index contributed by atoms with van der Waals surface area (Å²) >= 11 is 0. The zero-order valence-electron chi connectivity index (χ0n) is 12.1. The lowest BCUT2D eigenvalue weighted by atomic mass is 10.1. The van der Waals surface area contributed by atoms with Crippen molar-refractivity contribution >= 4 is 25.7 Å². The Morgan fingerprint density at radius 2 is 1.55 bits per heavy atom. The molecule has 0 radical (unpaired) electrons. The van der Waals surface area contributed by atoms with Gasteiger partial charge in [-0.1, -0.05) is 18.2 Å². The van der Waals surface area contributed by atoms with Crippen LogP contribution in [0.25, 0.3) is 0 Å². The van der Waals surface area contributed by atoms with Crippen LogP contribution in [0.15, 0.2) is 52.3 Å². The van der Waals surface area contributed by atoms with Gasteiger partial charge in [-0.15, -0.1) is 0 Å². The Bertz CT molecular complexity index is 920. The fraction of sp³-hybridized carbons (Fsp3) is 0.143. The Morgan fingerprint density at radius 3 is 2.18 bits per heavy atom. The normalized spacial score (nSPS) is 12.1.